The van der Waals surface area contributed by atoms with E-state index in [1.54, 1.807) is 0 Å². The first-order valence-electron chi connectivity index (χ1n) is 8.67. The first kappa shape index (κ1) is 21.0. The number of likely N-dealkylation sites (tertiary alicyclic amines) is 1. The number of nitrogens with two attached hydrogens (primary N) is 1. The molecule has 0 amide bonds. The number of para-hydroxylation sites is 1. The highest BCUT2D eigenvalue weighted by atomic mass is 127. The number of nitrogens with one attached hydrogen (secondary N) is 1. The zero-order valence-electron chi connectivity index (χ0n) is 15.1. The Morgan fingerprint density at radius 2 is 2.12 bits per heavy atom. The van der Waals surface area contributed by atoms with E-state index in [2.05, 4.69) is 65.3 Å². The maximum atomic E-state index is 6.03. The van der Waals surface area contributed by atoms with Crippen LogP contribution in [0.2, 0.25) is 0 Å². The first-order chi connectivity index (χ1) is 11.1. The minimum absolute atomic E-state index is 0. The van der Waals surface area contributed by atoms with Crippen LogP contribution in [0.4, 0.5) is 5.69 Å². The van der Waals surface area contributed by atoms with Crippen molar-refractivity contribution in [1.82, 2.24) is 10.2 Å². The van der Waals surface area contributed by atoms with Gasteiger partial charge in [-0.3, -0.25) is 9.89 Å². The third kappa shape index (κ3) is 6.12. The molecule has 2 rings (SSSR count). The second kappa shape index (κ2) is 10.8. The Bertz CT molecular complexity index is 493. The molecule has 0 saturated carbocycles. The maximum Gasteiger partial charge on any atom is 0.188 e. The first-order valence-corrected chi connectivity index (χ1v) is 8.67. The normalized spacial score (nSPS) is 19.6. The van der Waals surface area contributed by atoms with Crippen LogP contribution < -0.4 is 16.0 Å². The molecule has 0 aliphatic carbocycles. The van der Waals surface area contributed by atoms with E-state index in [-0.39, 0.29) is 24.0 Å². The average molecular weight is 445 g/mol. The van der Waals surface area contributed by atoms with Crippen molar-refractivity contribution in [3.63, 3.8) is 0 Å². The summed E-state index contributed by atoms with van der Waals surface area (Å²) in [6, 6.07) is 11.3. The highest BCUT2D eigenvalue weighted by Crippen LogP contribution is 2.15. The highest BCUT2D eigenvalue weighted by Gasteiger charge is 2.22. The van der Waals surface area contributed by atoms with E-state index in [0.717, 1.165) is 13.1 Å². The van der Waals surface area contributed by atoms with Crippen LogP contribution in [-0.2, 0) is 0 Å². The smallest absolute Gasteiger partial charge is 0.188 e. The lowest BCUT2D eigenvalue weighted by Gasteiger charge is -2.26. The van der Waals surface area contributed by atoms with Crippen LogP contribution in [0.25, 0.3) is 0 Å². The third-order valence-electron chi connectivity index (χ3n) is 4.77. The summed E-state index contributed by atoms with van der Waals surface area (Å²) in [5.74, 6) is 0.557. The second-order valence-corrected chi connectivity index (χ2v) is 6.33. The van der Waals surface area contributed by atoms with E-state index in [0.29, 0.717) is 24.6 Å². The molecule has 0 spiro atoms. The Balaban J connectivity index is 0.00000288. The van der Waals surface area contributed by atoms with E-state index >= 15 is 0 Å². The van der Waals surface area contributed by atoms with Gasteiger partial charge in [0.25, 0.3) is 0 Å². The summed E-state index contributed by atoms with van der Waals surface area (Å²) < 4.78 is 0. The summed E-state index contributed by atoms with van der Waals surface area (Å²) in [7, 11) is 2.09. The third-order valence-corrected chi connectivity index (χ3v) is 4.77. The molecule has 0 aromatic heterocycles. The molecule has 1 aliphatic heterocycles. The molecule has 136 valence electrons. The molecular formula is C18H32IN5. The van der Waals surface area contributed by atoms with Crippen LogP contribution in [0.3, 0.4) is 0 Å². The lowest BCUT2D eigenvalue weighted by atomic mass is 10.2. The predicted molar refractivity (Wildman–Crippen MR) is 114 cm³/mol. The van der Waals surface area contributed by atoms with Crippen molar-refractivity contribution in [2.75, 3.05) is 38.1 Å². The van der Waals surface area contributed by atoms with Crippen LogP contribution in [0.15, 0.2) is 35.3 Å². The quantitative estimate of drug-likeness (QED) is 0.385. The standard InChI is InChI=1S/C18H31N5.HI/c1-4-23-12-8-11-17(23)14-21-18(19)20-13-15(2)22(3)16-9-6-5-7-10-16;/h5-7,9-10,15,17H,4,8,11-14H2,1-3H3,(H3,19,20,21);1H. The van der Waals surface area contributed by atoms with E-state index in [9.17, 15) is 0 Å². The fraction of sp³-hybridized carbons (Fsp3) is 0.611. The molecule has 2 atom stereocenters. The minimum atomic E-state index is 0. The maximum absolute atomic E-state index is 6.03. The molecule has 0 bridgehead atoms. The van der Waals surface area contributed by atoms with Gasteiger partial charge in [-0.15, -0.1) is 24.0 Å². The summed E-state index contributed by atoms with van der Waals surface area (Å²) in [5, 5.41) is 3.29. The predicted octanol–water partition coefficient (Wildman–Crippen LogP) is 2.52. The van der Waals surface area contributed by atoms with Crippen molar-refractivity contribution in [3.8, 4) is 0 Å². The number of anilines is 1. The monoisotopic (exact) mass is 445 g/mol. The van der Waals surface area contributed by atoms with E-state index in [1.807, 2.05) is 6.07 Å². The van der Waals surface area contributed by atoms with Gasteiger partial charge in [0, 0.05) is 31.4 Å². The summed E-state index contributed by atoms with van der Waals surface area (Å²) in [4.78, 5) is 9.24. The SMILES string of the molecule is CCN1CCCC1CNC(N)=NCC(C)N(C)c1ccccc1.I. The minimum Gasteiger partial charge on any atom is -0.370 e. The molecule has 1 saturated heterocycles. The van der Waals surface area contributed by atoms with Crippen molar-refractivity contribution in [2.45, 2.75) is 38.8 Å². The summed E-state index contributed by atoms with van der Waals surface area (Å²) in [5.41, 5.74) is 7.23. The lowest BCUT2D eigenvalue weighted by molar-refractivity contribution is 0.267. The van der Waals surface area contributed by atoms with Gasteiger partial charge in [-0.05, 0) is 45.0 Å². The van der Waals surface area contributed by atoms with Gasteiger partial charge in [0.2, 0.25) is 0 Å². The van der Waals surface area contributed by atoms with Gasteiger partial charge < -0.3 is 16.0 Å². The van der Waals surface area contributed by atoms with Gasteiger partial charge in [0.05, 0.1) is 6.54 Å². The number of nitrogens with zero attached hydrogens (tertiary/aromatic N) is 3. The van der Waals surface area contributed by atoms with Crippen molar-refractivity contribution < 1.29 is 0 Å². The Kier molecular flexibility index (Phi) is 9.43. The number of hydrogen-bond donors (Lipinski definition) is 2. The fourth-order valence-corrected chi connectivity index (χ4v) is 3.09. The van der Waals surface area contributed by atoms with Gasteiger partial charge in [-0.25, -0.2) is 0 Å². The van der Waals surface area contributed by atoms with Gasteiger partial charge in [0.1, 0.15) is 0 Å². The summed E-state index contributed by atoms with van der Waals surface area (Å²) in [6.45, 7) is 8.29. The molecule has 0 radical (unpaired) electrons. The summed E-state index contributed by atoms with van der Waals surface area (Å²) >= 11 is 0. The molecule has 6 heteroatoms. The van der Waals surface area contributed by atoms with E-state index in [1.165, 1.54) is 25.1 Å². The number of benzene rings is 1. The fourth-order valence-electron chi connectivity index (χ4n) is 3.09. The molecule has 1 aromatic carbocycles. The van der Waals surface area contributed by atoms with Crippen LogP contribution in [0, 0.1) is 0 Å². The lowest BCUT2D eigenvalue weighted by Crippen LogP contribution is -2.43. The van der Waals surface area contributed by atoms with Gasteiger partial charge >= 0.3 is 0 Å². The van der Waals surface area contributed by atoms with Gasteiger partial charge in [0.15, 0.2) is 5.96 Å². The molecule has 24 heavy (non-hydrogen) atoms. The number of hydrogen-bond acceptors (Lipinski definition) is 3. The number of rotatable bonds is 7. The Morgan fingerprint density at radius 1 is 1.42 bits per heavy atom. The Labute approximate surface area is 163 Å². The largest absolute Gasteiger partial charge is 0.370 e. The zero-order valence-corrected chi connectivity index (χ0v) is 17.4. The van der Waals surface area contributed by atoms with Crippen molar-refractivity contribution >= 4 is 35.6 Å². The van der Waals surface area contributed by atoms with Crippen LogP contribution in [0.5, 0.6) is 0 Å². The van der Waals surface area contributed by atoms with E-state index < -0.39 is 0 Å². The molecule has 1 aromatic rings. The van der Waals surface area contributed by atoms with Crippen LogP contribution >= 0.6 is 24.0 Å². The molecule has 1 heterocycles. The Hall–Kier alpha value is -1.02. The van der Waals surface area contributed by atoms with Gasteiger partial charge in [-0.2, -0.15) is 0 Å². The topological polar surface area (TPSA) is 56.9 Å². The molecule has 2 unspecified atom stereocenters. The second-order valence-electron chi connectivity index (χ2n) is 6.33. The van der Waals surface area contributed by atoms with Crippen molar-refractivity contribution in [3.05, 3.63) is 30.3 Å². The number of aliphatic imine (C=N–C) groups is 1. The van der Waals surface area contributed by atoms with E-state index in [4.69, 9.17) is 5.73 Å². The van der Waals surface area contributed by atoms with Crippen molar-refractivity contribution in [2.24, 2.45) is 10.7 Å². The molecule has 5 nitrogen and oxygen atoms in total. The number of halogens is 1. The van der Waals surface area contributed by atoms with Gasteiger partial charge in [-0.1, -0.05) is 25.1 Å². The molecule has 1 aliphatic rings. The van der Waals surface area contributed by atoms with Crippen LogP contribution in [-0.4, -0.2) is 56.2 Å². The zero-order chi connectivity index (χ0) is 16.7. The molecular weight excluding hydrogens is 413 g/mol. The Morgan fingerprint density at radius 3 is 2.79 bits per heavy atom. The van der Waals surface area contributed by atoms with Crippen molar-refractivity contribution in [1.29, 1.82) is 0 Å². The number of likely N-dealkylation sites (N-methyl/N-ethyl adjacent to an activating group) is 2. The number of guanidine groups is 1. The van der Waals surface area contributed by atoms with Crippen LogP contribution in [0.1, 0.15) is 26.7 Å². The molecule has 1 fully saturated rings. The average Bonchev–Trinajstić information content (AvgIpc) is 3.05. The molecule has 3 N–H and O–H groups in total. The highest BCUT2D eigenvalue weighted by molar-refractivity contribution is 14.0. The summed E-state index contributed by atoms with van der Waals surface area (Å²) in [6.07, 6.45) is 2.54.